The lowest BCUT2D eigenvalue weighted by Gasteiger charge is -2.44. The number of pyridine rings is 1. The van der Waals surface area contributed by atoms with Crippen molar-refractivity contribution < 1.29 is 9.53 Å². The summed E-state index contributed by atoms with van der Waals surface area (Å²) in [7, 11) is 0. The van der Waals surface area contributed by atoms with Crippen molar-refractivity contribution in [1.29, 1.82) is 0 Å². The second kappa shape index (κ2) is 6.16. The van der Waals surface area contributed by atoms with Gasteiger partial charge >= 0.3 is 0 Å². The van der Waals surface area contributed by atoms with Crippen LogP contribution in [-0.2, 0) is 16.1 Å². The molecule has 1 spiro atoms. The Labute approximate surface area is 138 Å². The zero-order valence-corrected chi connectivity index (χ0v) is 14.3. The van der Waals surface area contributed by atoms with E-state index in [-0.39, 0.29) is 23.4 Å². The molecule has 1 aromatic heterocycles. The van der Waals surface area contributed by atoms with E-state index >= 15 is 0 Å². The van der Waals surface area contributed by atoms with Crippen molar-refractivity contribution in [1.82, 2.24) is 9.47 Å². The highest BCUT2D eigenvalue weighted by Gasteiger charge is 2.49. The molecular weight excluding hydrogens is 348 g/mol. The lowest BCUT2D eigenvalue weighted by atomic mass is 9.66. The highest BCUT2D eigenvalue weighted by atomic mass is 79.9. The molecule has 5 nitrogen and oxygen atoms in total. The summed E-state index contributed by atoms with van der Waals surface area (Å²) in [5, 5.41) is 0. The maximum Gasteiger partial charge on any atom is 0.251 e. The van der Waals surface area contributed by atoms with Crippen molar-refractivity contribution in [2.45, 2.75) is 38.8 Å². The van der Waals surface area contributed by atoms with Gasteiger partial charge in [0.05, 0.1) is 6.10 Å². The summed E-state index contributed by atoms with van der Waals surface area (Å²) in [5.41, 5.74) is 0.114. The van der Waals surface area contributed by atoms with Crippen LogP contribution in [0.2, 0.25) is 0 Å². The van der Waals surface area contributed by atoms with Crippen LogP contribution in [0.15, 0.2) is 27.6 Å². The number of hydrogen-bond acceptors (Lipinski definition) is 3. The van der Waals surface area contributed by atoms with Crippen LogP contribution in [0.4, 0.5) is 0 Å². The SMILES string of the molecule is CCOC1CC2(CCN(C(=O)Cn3cc(Br)ccc3=O)C2)C1. The lowest BCUT2D eigenvalue weighted by Crippen LogP contribution is -2.45. The predicted molar refractivity (Wildman–Crippen MR) is 86.7 cm³/mol. The summed E-state index contributed by atoms with van der Waals surface area (Å²) in [6, 6.07) is 3.16. The van der Waals surface area contributed by atoms with Crippen molar-refractivity contribution in [3.63, 3.8) is 0 Å². The molecular formula is C16H21BrN2O3. The van der Waals surface area contributed by atoms with E-state index in [1.54, 1.807) is 12.3 Å². The van der Waals surface area contributed by atoms with Gasteiger partial charge in [0.25, 0.3) is 5.56 Å². The first-order valence-corrected chi connectivity index (χ1v) is 8.56. The molecule has 6 heteroatoms. The topological polar surface area (TPSA) is 51.5 Å². The molecule has 2 aliphatic rings. The summed E-state index contributed by atoms with van der Waals surface area (Å²) in [6.45, 7) is 4.49. The Morgan fingerprint density at radius 1 is 1.45 bits per heavy atom. The summed E-state index contributed by atoms with van der Waals surface area (Å²) in [6.07, 6.45) is 5.20. The number of rotatable bonds is 4. The molecule has 1 saturated heterocycles. The van der Waals surface area contributed by atoms with E-state index in [4.69, 9.17) is 4.74 Å². The maximum absolute atomic E-state index is 12.4. The fourth-order valence-electron chi connectivity index (χ4n) is 3.61. The smallest absolute Gasteiger partial charge is 0.251 e. The number of ether oxygens (including phenoxy) is 1. The molecule has 0 bridgehead atoms. The number of aromatic nitrogens is 1. The second-order valence-electron chi connectivity index (χ2n) is 6.36. The normalized spacial score (nSPS) is 27.2. The molecule has 0 radical (unpaired) electrons. The van der Waals surface area contributed by atoms with Gasteiger partial charge in [0, 0.05) is 36.4 Å². The zero-order chi connectivity index (χ0) is 15.7. The number of likely N-dealkylation sites (tertiary alicyclic amines) is 1. The van der Waals surface area contributed by atoms with Gasteiger partial charge in [-0.1, -0.05) is 0 Å². The van der Waals surface area contributed by atoms with Crippen molar-refractivity contribution in [3.05, 3.63) is 33.2 Å². The molecule has 1 amide bonds. The first kappa shape index (κ1) is 15.7. The van der Waals surface area contributed by atoms with Gasteiger partial charge in [-0.2, -0.15) is 0 Å². The second-order valence-corrected chi connectivity index (χ2v) is 7.28. The molecule has 0 aromatic carbocycles. The van der Waals surface area contributed by atoms with Crippen LogP contribution >= 0.6 is 15.9 Å². The first-order valence-electron chi connectivity index (χ1n) is 7.77. The van der Waals surface area contributed by atoms with Crippen LogP contribution in [-0.4, -0.2) is 41.2 Å². The minimum absolute atomic E-state index is 0.0249. The number of hydrogen-bond donors (Lipinski definition) is 0. The molecule has 2 heterocycles. The average molecular weight is 369 g/mol. The Bertz CT molecular complexity index is 622. The zero-order valence-electron chi connectivity index (χ0n) is 12.8. The quantitative estimate of drug-likeness (QED) is 0.816. The Morgan fingerprint density at radius 3 is 2.95 bits per heavy atom. The van der Waals surface area contributed by atoms with E-state index < -0.39 is 0 Å². The largest absolute Gasteiger partial charge is 0.378 e. The third-order valence-electron chi connectivity index (χ3n) is 4.77. The van der Waals surface area contributed by atoms with Crippen LogP contribution in [0, 0.1) is 5.41 Å². The molecule has 120 valence electrons. The first-order chi connectivity index (χ1) is 10.5. The van der Waals surface area contributed by atoms with Crippen molar-refractivity contribution in [2.75, 3.05) is 19.7 Å². The summed E-state index contributed by atoms with van der Waals surface area (Å²) in [5.74, 6) is 0.0249. The molecule has 22 heavy (non-hydrogen) atoms. The highest BCUT2D eigenvalue weighted by molar-refractivity contribution is 9.10. The number of halogens is 1. The molecule has 1 aliphatic carbocycles. The standard InChI is InChI=1S/C16H21BrN2O3/c1-2-22-13-7-16(8-13)5-6-18(11-16)15(21)10-19-9-12(17)3-4-14(19)20/h3-4,9,13H,2,5-8,10-11H2,1H3. The van der Waals surface area contributed by atoms with Crippen molar-refractivity contribution in [3.8, 4) is 0 Å². The van der Waals surface area contributed by atoms with Crippen molar-refractivity contribution >= 4 is 21.8 Å². The number of amides is 1. The third kappa shape index (κ3) is 3.13. The Morgan fingerprint density at radius 2 is 2.23 bits per heavy atom. The van der Waals surface area contributed by atoms with E-state index in [1.807, 2.05) is 11.8 Å². The predicted octanol–water partition coefficient (Wildman–Crippen LogP) is 2.03. The van der Waals surface area contributed by atoms with Gasteiger partial charge < -0.3 is 14.2 Å². The third-order valence-corrected chi connectivity index (χ3v) is 5.24. The Hall–Kier alpha value is -1.14. The average Bonchev–Trinajstić information content (AvgIpc) is 2.88. The van der Waals surface area contributed by atoms with E-state index in [0.29, 0.717) is 6.10 Å². The summed E-state index contributed by atoms with van der Waals surface area (Å²) in [4.78, 5) is 26.1. The van der Waals surface area contributed by atoms with Crippen LogP contribution in [0.25, 0.3) is 0 Å². The van der Waals surface area contributed by atoms with E-state index in [9.17, 15) is 9.59 Å². The fourth-order valence-corrected chi connectivity index (χ4v) is 3.99. The molecule has 1 saturated carbocycles. The molecule has 1 aromatic rings. The lowest BCUT2D eigenvalue weighted by molar-refractivity contribution is -0.132. The van der Waals surface area contributed by atoms with Gasteiger partial charge in [0.2, 0.25) is 5.91 Å². The fraction of sp³-hybridized carbons (Fsp3) is 0.625. The van der Waals surface area contributed by atoms with Crippen molar-refractivity contribution in [2.24, 2.45) is 5.41 Å². The van der Waals surface area contributed by atoms with Gasteiger partial charge in [-0.15, -0.1) is 0 Å². The molecule has 2 fully saturated rings. The van der Waals surface area contributed by atoms with Gasteiger partial charge in [-0.05, 0) is 53.6 Å². The highest BCUT2D eigenvalue weighted by Crippen LogP contribution is 2.49. The van der Waals surface area contributed by atoms with Gasteiger partial charge in [-0.25, -0.2) is 0 Å². The Balaban J connectivity index is 1.58. The molecule has 3 rings (SSSR count). The maximum atomic E-state index is 12.4. The van der Waals surface area contributed by atoms with Crippen LogP contribution in [0.1, 0.15) is 26.2 Å². The summed E-state index contributed by atoms with van der Waals surface area (Å²) < 4.78 is 7.89. The summed E-state index contributed by atoms with van der Waals surface area (Å²) >= 11 is 3.33. The Kier molecular flexibility index (Phi) is 4.41. The molecule has 0 atom stereocenters. The molecule has 1 aliphatic heterocycles. The number of nitrogens with zero attached hydrogens (tertiary/aromatic N) is 2. The van der Waals surface area contributed by atoms with Gasteiger partial charge in [0.1, 0.15) is 6.54 Å². The van der Waals surface area contributed by atoms with Gasteiger partial charge in [0.15, 0.2) is 0 Å². The number of carbonyl (C=O) groups excluding carboxylic acids is 1. The number of carbonyl (C=O) groups is 1. The minimum atomic E-state index is -0.148. The van der Waals surface area contributed by atoms with Crippen LogP contribution < -0.4 is 5.56 Å². The molecule has 0 N–H and O–H groups in total. The molecule has 0 unspecified atom stereocenters. The van der Waals surface area contributed by atoms with E-state index in [1.165, 1.54) is 10.6 Å². The van der Waals surface area contributed by atoms with E-state index in [0.717, 1.165) is 43.4 Å². The van der Waals surface area contributed by atoms with Crippen LogP contribution in [0.3, 0.4) is 0 Å². The van der Waals surface area contributed by atoms with Crippen LogP contribution in [0.5, 0.6) is 0 Å². The minimum Gasteiger partial charge on any atom is -0.378 e. The van der Waals surface area contributed by atoms with E-state index in [2.05, 4.69) is 15.9 Å². The van der Waals surface area contributed by atoms with Gasteiger partial charge in [-0.3, -0.25) is 9.59 Å². The monoisotopic (exact) mass is 368 g/mol.